The van der Waals surface area contributed by atoms with Gasteiger partial charge in [0, 0.05) is 41.0 Å². The predicted molar refractivity (Wildman–Crippen MR) is 119 cm³/mol. The Balaban J connectivity index is 1.72. The molecule has 0 amide bonds. The standard InChI is InChI=1S/C24H18N4O4/c1-30-20-10-9-16(12-21(20)31-2)28-14-19(17-7-3-4-8-18(17)24(28)29)23-26-22(27-32-23)15-6-5-11-25-13-15/h3-14H,1-2H3. The predicted octanol–water partition coefficient (Wildman–Crippen LogP) is 4.12. The molecule has 0 radical (unpaired) electrons. The van der Waals surface area contributed by atoms with Crippen molar-refractivity contribution >= 4 is 10.8 Å². The maximum absolute atomic E-state index is 13.3. The average molecular weight is 426 g/mol. The van der Waals surface area contributed by atoms with Crippen molar-refractivity contribution in [3.63, 3.8) is 0 Å². The van der Waals surface area contributed by atoms with Crippen molar-refractivity contribution in [3.05, 3.63) is 83.5 Å². The van der Waals surface area contributed by atoms with Crippen LogP contribution in [0.15, 0.2) is 82.5 Å². The molecule has 0 fully saturated rings. The molecule has 0 saturated heterocycles. The summed E-state index contributed by atoms with van der Waals surface area (Å²) in [5.41, 5.74) is 1.81. The van der Waals surface area contributed by atoms with Gasteiger partial charge in [-0.3, -0.25) is 14.3 Å². The van der Waals surface area contributed by atoms with Gasteiger partial charge in [-0.15, -0.1) is 0 Å². The van der Waals surface area contributed by atoms with Crippen LogP contribution in [0.5, 0.6) is 11.5 Å². The highest BCUT2D eigenvalue weighted by Crippen LogP contribution is 2.31. The fourth-order valence-electron chi connectivity index (χ4n) is 3.57. The van der Waals surface area contributed by atoms with Crippen LogP contribution < -0.4 is 15.0 Å². The number of hydrogen-bond donors (Lipinski definition) is 0. The molecule has 5 rings (SSSR count). The van der Waals surface area contributed by atoms with Gasteiger partial charge in [-0.05, 0) is 30.3 Å². The van der Waals surface area contributed by atoms with Crippen LogP contribution in [0.2, 0.25) is 0 Å². The van der Waals surface area contributed by atoms with Crippen molar-refractivity contribution in [1.82, 2.24) is 19.7 Å². The van der Waals surface area contributed by atoms with Crippen LogP contribution in [0.1, 0.15) is 0 Å². The van der Waals surface area contributed by atoms with Crippen LogP contribution in [0.25, 0.3) is 39.3 Å². The van der Waals surface area contributed by atoms with E-state index in [1.54, 1.807) is 63.1 Å². The molecule has 0 spiro atoms. The molecular weight excluding hydrogens is 408 g/mol. The summed E-state index contributed by atoms with van der Waals surface area (Å²) in [4.78, 5) is 22.0. The number of pyridine rings is 2. The molecule has 32 heavy (non-hydrogen) atoms. The number of methoxy groups -OCH3 is 2. The van der Waals surface area contributed by atoms with E-state index in [9.17, 15) is 4.79 Å². The minimum Gasteiger partial charge on any atom is -0.493 e. The summed E-state index contributed by atoms with van der Waals surface area (Å²) in [7, 11) is 3.11. The van der Waals surface area contributed by atoms with E-state index in [2.05, 4.69) is 15.1 Å². The first-order valence-corrected chi connectivity index (χ1v) is 9.81. The van der Waals surface area contributed by atoms with E-state index in [1.165, 1.54) is 4.57 Å². The number of hydrogen-bond acceptors (Lipinski definition) is 7. The van der Waals surface area contributed by atoms with E-state index < -0.39 is 0 Å². The van der Waals surface area contributed by atoms with Crippen LogP contribution in [0.4, 0.5) is 0 Å². The fraction of sp³-hybridized carbons (Fsp3) is 0.0833. The lowest BCUT2D eigenvalue weighted by atomic mass is 10.1. The van der Waals surface area contributed by atoms with Crippen molar-refractivity contribution in [1.29, 1.82) is 0 Å². The lowest BCUT2D eigenvalue weighted by molar-refractivity contribution is 0.355. The van der Waals surface area contributed by atoms with E-state index in [0.29, 0.717) is 39.9 Å². The molecule has 3 heterocycles. The molecule has 0 saturated carbocycles. The number of nitrogens with zero attached hydrogens (tertiary/aromatic N) is 4. The zero-order valence-electron chi connectivity index (χ0n) is 17.4. The summed E-state index contributed by atoms with van der Waals surface area (Å²) in [5, 5.41) is 5.34. The van der Waals surface area contributed by atoms with Crippen LogP contribution in [0.3, 0.4) is 0 Å². The Morgan fingerprint density at radius 3 is 2.50 bits per heavy atom. The van der Waals surface area contributed by atoms with Crippen LogP contribution >= 0.6 is 0 Å². The normalized spacial score (nSPS) is 10.9. The van der Waals surface area contributed by atoms with Crippen molar-refractivity contribution in [2.75, 3.05) is 14.2 Å². The molecule has 0 unspecified atom stereocenters. The molecule has 2 aromatic carbocycles. The minimum absolute atomic E-state index is 0.177. The Bertz CT molecular complexity index is 1470. The van der Waals surface area contributed by atoms with Gasteiger partial charge in [-0.1, -0.05) is 23.4 Å². The molecule has 0 aliphatic carbocycles. The first kappa shape index (κ1) is 19.5. The summed E-state index contributed by atoms with van der Waals surface area (Å²) in [5.74, 6) is 1.81. The van der Waals surface area contributed by atoms with E-state index >= 15 is 0 Å². The third-order valence-electron chi connectivity index (χ3n) is 5.15. The second-order valence-electron chi connectivity index (χ2n) is 6.97. The van der Waals surface area contributed by atoms with E-state index in [-0.39, 0.29) is 5.56 Å². The lowest BCUT2D eigenvalue weighted by Crippen LogP contribution is -2.18. The van der Waals surface area contributed by atoms with Crippen LogP contribution in [-0.2, 0) is 0 Å². The van der Waals surface area contributed by atoms with Gasteiger partial charge in [0.25, 0.3) is 11.4 Å². The summed E-state index contributed by atoms with van der Waals surface area (Å²) < 4.78 is 17.8. The van der Waals surface area contributed by atoms with Crippen molar-refractivity contribution in [2.45, 2.75) is 0 Å². The number of fused-ring (bicyclic) bond motifs is 1. The van der Waals surface area contributed by atoms with Gasteiger partial charge in [-0.2, -0.15) is 4.98 Å². The smallest absolute Gasteiger partial charge is 0.262 e. The van der Waals surface area contributed by atoms with E-state index in [1.807, 2.05) is 24.3 Å². The molecule has 5 aromatic rings. The minimum atomic E-state index is -0.177. The van der Waals surface area contributed by atoms with Gasteiger partial charge >= 0.3 is 0 Å². The second-order valence-corrected chi connectivity index (χ2v) is 6.97. The highest BCUT2D eigenvalue weighted by atomic mass is 16.5. The molecule has 8 nitrogen and oxygen atoms in total. The van der Waals surface area contributed by atoms with Gasteiger partial charge in [0.05, 0.1) is 25.5 Å². The second kappa shape index (κ2) is 7.99. The highest BCUT2D eigenvalue weighted by molar-refractivity contribution is 5.94. The average Bonchev–Trinajstić information content (AvgIpc) is 3.35. The number of aromatic nitrogens is 4. The first-order chi connectivity index (χ1) is 15.7. The maximum atomic E-state index is 13.3. The van der Waals surface area contributed by atoms with Gasteiger partial charge in [0.2, 0.25) is 5.82 Å². The number of ether oxygens (including phenoxy) is 2. The topological polar surface area (TPSA) is 92.3 Å². The fourth-order valence-corrected chi connectivity index (χ4v) is 3.57. The Morgan fingerprint density at radius 1 is 0.938 bits per heavy atom. The summed E-state index contributed by atoms with van der Waals surface area (Å²) >= 11 is 0. The molecule has 0 bridgehead atoms. The summed E-state index contributed by atoms with van der Waals surface area (Å²) in [6, 6.07) is 16.3. The highest BCUT2D eigenvalue weighted by Gasteiger charge is 2.18. The van der Waals surface area contributed by atoms with E-state index in [0.717, 1.165) is 10.9 Å². The number of benzene rings is 2. The third kappa shape index (κ3) is 3.27. The zero-order chi connectivity index (χ0) is 22.1. The Kier molecular flexibility index (Phi) is 4.87. The van der Waals surface area contributed by atoms with E-state index in [4.69, 9.17) is 14.0 Å². The van der Waals surface area contributed by atoms with Gasteiger partial charge in [0.1, 0.15) is 0 Å². The molecule has 0 aliphatic rings. The molecule has 158 valence electrons. The molecule has 3 aromatic heterocycles. The molecule has 0 atom stereocenters. The summed E-state index contributed by atoms with van der Waals surface area (Å²) in [6.07, 6.45) is 5.04. The monoisotopic (exact) mass is 426 g/mol. The molecule has 0 aliphatic heterocycles. The SMILES string of the molecule is COc1ccc(-n2cc(-c3nc(-c4cccnc4)no3)c3ccccc3c2=O)cc1OC. The van der Waals surface area contributed by atoms with Gasteiger partial charge < -0.3 is 14.0 Å². The molecule has 0 N–H and O–H groups in total. The lowest BCUT2D eigenvalue weighted by Gasteiger charge is -2.13. The third-order valence-corrected chi connectivity index (χ3v) is 5.15. The Hall–Kier alpha value is -4.46. The van der Waals surface area contributed by atoms with Crippen molar-refractivity contribution < 1.29 is 14.0 Å². The Labute approximate surface area is 182 Å². The maximum Gasteiger partial charge on any atom is 0.262 e. The van der Waals surface area contributed by atoms with Crippen LogP contribution in [0, 0.1) is 0 Å². The van der Waals surface area contributed by atoms with Gasteiger partial charge in [0.15, 0.2) is 11.5 Å². The molecular formula is C24H18N4O4. The molecule has 8 heteroatoms. The summed E-state index contributed by atoms with van der Waals surface area (Å²) in [6.45, 7) is 0. The number of rotatable bonds is 5. The van der Waals surface area contributed by atoms with Crippen molar-refractivity contribution in [2.24, 2.45) is 0 Å². The largest absolute Gasteiger partial charge is 0.493 e. The van der Waals surface area contributed by atoms with Gasteiger partial charge in [-0.25, -0.2) is 0 Å². The van der Waals surface area contributed by atoms with Crippen LogP contribution in [-0.4, -0.2) is 33.9 Å². The quantitative estimate of drug-likeness (QED) is 0.417. The first-order valence-electron chi connectivity index (χ1n) is 9.81. The Morgan fingerprint density at radius 2 is 1.75 bits per heavy atom. The zero-order valence-corrected chi connectivity index (χ0v) is 17.4. The van der Waals surface area contributed by atoms with Crippen molar-refractivity contribution in [3.8, 4) is 40.0 Å².